The molecule has 1 saturated heterocycles. The van der Waals surface area contributed by atoms with Crippen molar-refractivity contribution in [2.75, 3.05) is 20.8 Å². The van der Waals surface area contributed by atoms with Crippen molar-refractivity contribution in [1.82, 2.24) is 14.5 Å². The van der Waals surface area contributed by atoms with Crippen molar-refractivity contribution >= 4 is 16.8 Å². The Hall–Kier alpha value is -3.35. The highest BCUT2D eigenvalue weighted by molar-refractivity contribution is 5.81. The van der Waals surface area contributed by atoms with E-state index in [9.17, 15) is 9.59 Å². The largest absolute Gasteiger partial charge is 0.497 e. The van der Waals surface area contributed by atoms with E-state index in [4.69, 9.17) is 9.47 Å². The van der Waals surface area contributed by atoms with Gasteiger partial charge >= 0.3 is 0 Å². The molecular formula is C23H25N3O4. The van der Waals surface area contributed by atoms with Gasteiger partial charge in [0.25, 0.3) is 5.56 Å². The predicted molar refractivity (Wildman–Crippen MR) is 114 cm³/mol. The van der Waals surface area contributed by atoms with Crippen LogP contribution in [0, 0.1) is 6.92 Å². The van der Waals surface area contributed by atoms with Crippen LogP contribution in [0.25, 0.3) is 10.9 Å². The van der Waals surface area contributed by atoms with Gasteiger partial charge in [0.2, 0.25) is 5.91 Å². The molecule has 1 fully saturated rings. The Kier molecular flexibility index (Phi) is 5.44. The molecule has 1 aliphatic rings. The van der Waals surface area contributed by atoms with Gasteiger partial charge in [0.15, 0.2) is 0 Å². The summed E-state index contributed by atoms with van der Waals surface area (Å²) in [6.07, 6.45) is 3.21. The van der Waals surface area contributed by atoms with Crippen molar-refractivity contribution in [2.45, 2.75) is 32.4 Å². The van der Waals surface area contributed by atoms with E-state index in [2.05, 4.69) is 4.98 Å². The summed E-state index contributed by atoms with van der Waals surface area (Å²) in [6, 6.07) is 11.1. The van der Waals surface area contributed by atoms with Gasteiger partial charge in [0.1, 0.15) is 18.0 Å². The van der Waals surface area contributed by atoms with Gasteiger partial charge in [-0.25, -0.2) is 4.98 Å². The van der Waals surface area contributed by atoms with Crippen molar-refractivity contribution in [1.29, 1.82) is 0 Å². The molecule has 3 aromatic rings. The van der Waals surface area contributed by atoms with E-state index in [0.717, 1.165) is 24.0 Å². The van der Waals surface area contributed by atoms with Gasteiger partial charge in [0, 0.05) is 18.2 Å². The lowest BCUT2D eigenvalue weighted by Crippen LogP contribution is -2.36. The molecule has 0 unspecified atom stereocenters. The van der Waals surface area contributed by atoms with Crippen LogP contribution in [0.5, 0.6) is 11.5 Å². The van der Waals surface area contributed by atoms with Gasteiger partial charge in [-0.15, -0.1) is 0 Å². The lowest BCUT2D eigenvalue weighted by Gasteiger charge is -2.27. The maximum atomic E-state index is 13.1. The smallest absolute Gasteiger partial charge is 0.261 e. The number of likely N-dealkylation sites (tertiary alicyclic amines) is 1. The molecule has 0 spiro atoms. The number of aromatic nitrogens is 2. The Balaban J connectivity index is 1.62. The number of amides is 1. The van der Waals surface area contributed by atoms with Crippen LogP contribution < -0.4 is 15.0 Å². The molecule has 2 aromatic carbocycles. The van der Waals surface area contributed by atoms with Gasteiger partial charge in [-0.05, 0) is 43.5 Å². The standard InChI is InChI=1S/C23H25N3O4/c1-15-6-4-7-18-22(15)24-14-25(23(18)28)13-21(27)26-11-5-8-19(26)17-10-9-16(29-2)12-20(17)30-3/h4,6-7,9-10,12,14,19H,5,8,11,13H2,1-3H3/t19-/m1/s1. The van der Waals surface area contributed by atoms with Crippen molar-refractivity contribution in [3.8, 4) is 11.5 Å². The molecule has 1 atom stereocenters. The number of para-hydroxylation sites is 1. The van der Waals surface area contributed by atoms with Crippen LogP contribution in [0.4, 0.5) is 0 Å². The summed E-state index contributed by atoms with van der Waals surface area (Å²) in [4.78, 5) is 32.3. The molecule has 0 radical (unpaired) electrons. The third-order valence-electron chi connectivity index (χ3n) is 5.73. The van der Waals surface area contributed by atoms with Crippen LogP contribution >= 0.6 is 0 Å². The third kappa shape index (κ3) is 3.51. The van der Waals surface area contributed by atoms with Gasteiger partial charge in [-0.3, -0.25) is 14.2 Å². The van der Waals surface area contributed by atoms with E-state index in [1.54, 1.807) is 20.3 Å². The Labute approximate surface area is 174 Å². The second kappa shape index (κ2) is 8.18. The lowest BCUT2D eigenvalue weighted by atomic mass is 10.0. The molecular weight excluding hydrogens is 382 g/mol. The zero-order valence-corrected chi connectivity index (χ0v) is 17.4. The van der Waals surface area contributed by atoms with E-state index in [0.29, 0.717) is 28.9 Å². The van der Waals surface area contributed by atoms with Gasteiger partial charge < -0.3 is 14.4 Å². The predicted octanol–water partition coefficient (Wildman–Crippen LogP) is 3.09. The molecule has 1 amide bonds. The minimum atomic E-state index is -0.199. The molecule has 4 rings (SSSR count). The number of ether oxygens (including phenoxy) is 2. The fraction of sp³-hybridized carbons (Fsp3) is 0.348. The second-order valence-electron chi connectivity index (χ2n) is 7.50. The molecule has 1 aromatic heterocycles. The first-order valence-electron chi connectivity index (χ1n) is 9.99. The van der Waals surface area contributed by atoms with Crippen LogP contribution in [0.3, 0.4) is 0 Å². The average molecular weight is 407 g/mol. The number of carbonyl (C=O) groups is 1. The first-order chi connectivity index (χ1) is 14.5. The number of hydrogen-bond donors (Lipinski definition) is 0. The fourth-order valence-corrected chi connectivity index (χ4v) is 4.17. The number of hydrogen-bond acceptors (Lipinski definition) is 5. The summed E-state index contributed by atoms with van der Waals surface area (Å²) >= 11 is 0. The Bertz CT molecular complexity index is 1150. The number of rotatable bonds is 5. The summed E-state index contributed by atoms with van der Waals surface area (Å²) in [5, 5.41) is 0.528. The van der Waals surface area contributed by atoms with Gasteiger partial charge in [0.05, 0.1) is 37.5 Å². The number of benzene rings is 2. The van der Waals surface area contributed by atoms with E-state index in [-0.39, 0.29) is 24.1 Å². The normalized spacial score (nSPS) is 16.1. The molecule has 7 nitrogen and oxygen atoms in total. The number of aryl methyl sites for hydroxylation is 1. The van der Waals surface area contributed by atoms with Crippen molar-refractivity contribution < 1.29 is 14.3 Å². The Morgan fingerprint density at radius 3 is 2.80 bits per heavy atom. The highest BCUT2D eigenvalue weighted by Crippen LogP contribution is 2.38. The Morgan fingerprint density at radius 1 is 1.20 bits per heavy atom. The van der Waals surface area contributed by atoms with E-state index in [1.807, 2.05) is 42.2 Å². The molecule has 0 saturated carbocycles. The van der Waals surface area contributed by atoms with Crippen molar-refractivity contribution in [3.63, 3.8) is 0 Å². The molecule has 0 aliphatic carbocycles. The molecule has 156 valence electrons. The zero-order chi connectivity index (χ0) is 21.3. The van der Waals surface area contributed by atoms with E-state index in [1.165, 1.54) is 10.9 Å². The minimum Gasteiger partial charge on any atom is -0.497 e. The molecule has 1 aliphatic heterocycles. The first-order valence-corrected chi connectivity index (χ1v) is 9.99. The topological polar surface area (TPSA) is 73.7 Å². The van der Waals surface area contributed by atoms with Gasteiger partial charge in [-0.1, -0.05) is 12.1 Å². The number of fused-ring (bicyclic) bond motifs is 1. The minimum absolute atomic E-state index is 0.0370. The Morgan fingerprint density at radius 2 is 2.03 bits per heavy atom. The average Bonchev–Trinajstić information content (AvgIpc) is 3.25. The summed E-state index contributed by atoms with van der Waals surface area (Å²) in [7, 11) is 3.22. The summed E-state index contributed by atoms with van der Waals surface area (Å²) in [5.74, 6) is 1.29. The summed E-state index contributed by atoms with van der Waals surface area (Å²) < 4.78 is 12.2. The molecule has 30 heavy (non-hydrogen) atoms. The highest BCUT2D eigenvalue weighted by atomic mass is 16.5. The highest BCUT2D eigenvalue weighted by Gasteiger charge is 2.32. The number of nitrogens with zero attached hydrogens (tertiary/aromatic N) is 3. The lowest BCUT2D eigenvalue weighted by molar-refractivity contribution is -0.132. The van der Waals surface area contributed by atoms with Gasteiger partial charge in [-0.2, -0.15) is 0 Å². The fourth-order valence-electron chi connectivity index (χ4n) is 4.17. The second-order valence-corrected chi connectivity index (χ2v) is 7.50. The third-order valence-corrected chi connectivity index (χ3v) is 5.73. The zero-order valence-electron chi connectivity index (χ0n) is 17.4. The SMILES string of the molecule is COc1ccc([C@H]2CCCN2C(=O)Cn2cnc3c(C)cccc3c2=O)c(OC)c1. The van der Waals surface area contributed by atoms with Crippen LogP contribution in [-0.2, 0) is 11.3 Å². The molecule has 0 bridgehead atoms. The maximum absolute atomic E-state index is 13.1. The van der Waals surface area contributed by atoms with E-state index < -0.39 is 0 Å². The monoisotopic (exact) mass is 407 g/mol. The van der Waals surface area contributed by atoms with Crippen LogP contribution in [0.1, 0.15) is 30.0 Å². The van der Waals surface area contributed by atoms with Crippen LogP contribution in [-0.4, -0.2) is 41.1 Å². The van der Waals surface area contributed by atoms with E-state index >= 15 is 0 Å². The van der Waals surface area contributed by atoms with Crippen LogP contribution in [0.2, 0.25) is 0 Å². The van der Waals surface area contributed by atoms with Crippen LogP contribution in [0.15, 0.2) is 47.5 Å². The van der Waals surface area contributed by atoms with Crippen molar-refractivity contribution in [2.24, 2.45) is 0 Å². The number of carbonyl (C=O) groups excluding carboxylic acids is 1. The summed E-state index contributed by atoms with van der Waals surface area (Å²) in [6.45, 7) is 2.53. The summed E-state index contributed by atoms with van der Waals surface area (Å²) in [5.41, 5.74) is 2.36. The quantitative estimate of drug-likeness (QED) is 0.650. The molecule has 0 N–H and O–H groups in total. The number of methoxy groups -OCH3 is 2. The maximum Gasteiger partial charge on any atom is 0.261 e. The molecule has 2 heterocycles. The van der Waals surface area contributed by atoms with Crippen molar-refractivity contribution in [3.05, 3.63) is 64.2 Å². The molecule has 7 heteroatoms. The first kappa shape index (κ1) is 19.9.